The summed E-state index contributed by atoms with van der Waals surface area (Å²) in [5.74, 6) is -0.678. The minimum Gasteiger partial charge on any atom is -0.342 e. The summed E-state index contributed by atoms with van der Waals surface area (Å²) < 4.78 is 1.78. The molecule has 2 aromatic heterocycles. The van der Waals surface area contributed by atoms with Crippen LogP contribution >= 0.6 is 0 Å². The van der Waals surface area contributed by atoms with Crippen LogP contribution in [-0.2, 0) is 11.8 Å². The first-order valence-corrected chi connectivity index (χ1v) is 9.39. The number of hydrogen-bond acceptors (Lipinski definition) is 4. The lowest BCUT2D eigenvalue weighted by Gasteiger charge is -2.13. The molecule has 0 aliphatic carbocycles. The van der Waals surface area contributed by atoms with Gasteiger partial charge in [-0.25, -0.2) is 0 Å². The Morgan fingerprint density at radius 3 is 2.31 bits per heavy atom. The lowest BCUT2D eigenvalue weighted by atomic mass is 10.1. The number of amides is 2. The molecule has 8 nitrogen and oxygen atoms in total. The van der Waals surface area contributed by atoms with E-state index in [4.69, 9.17) is 0 Å². The van der Waals surface area contributed by atoms with E-state index in [-0.39, 0.29) is 18.1 Å². The highest BCUT2D eigenvalue weighted by atomic mass is 16.2. The first-order valence-electron chi connectivity index (χ1n) is 9.39. The summed E-state index contributed by atoms with van der Waals surface area (Å²) >= 11 is 0. The van der Waals surface area contributed by atoms with Crippen LogP contribution in [0.3, 0.4) is 0 Å². The Balaban J connectivity index is 1.64. The fourth-order valence-electron chi connectivity index (χ4n) is 3.53. The average molecular weight is 394 g/mol. The van der Waals surface area contributed by atoms with Crippen LogP contribution in [0.4, 0.5) is 5.69 Å². The van der Waals surface area contributed by atoms with Crippen LogP contribution in [0, 0.1) is 34.6 Å². The van der Waals surface area contributed by atoms with E-state index in [2.05, 4.69) is 25.9 Å². The largest absolute Gasteiger partial charge is 0.342 e. The molecule has 0 unspecified atom stereocenters. The lowest BCUT2D eigenvalue weighted by Crippen LogP contribution is -2.33. The lowest BCUT2D eigenvalue weighted by molar-refractivity contribution is -0.115. The van der Waals surface area contributed by atoms with Crippen LogP contribution < -0.4 is 10.6 Å². The van der Waals surface area contributed by atoms with Crippen molar-refractivity contribution in [3.63, 3.8) is 0 Å². The number of hydrogen-bond donors (Lipinski definition) is 3. The number of carbonyl (C=O) groups is 2. The third kappa shape index (κ3) is 4.21. The number of anilines is 1. The van der Waals surface area contributed by atoms with Crippen molar-refractivity contribution in [2.75, 3.05) is 11.9 Å². The Morgan fingerprint density at radius 1 is 1.07 bits per heavy atom. The summed E-state index contributed by atoms with van der Waals surface area (Å²) in [6.45, 7) is 9.62. The van der Waals surface area contributed by atoms with Crippen molar-refractivity contribution in [1.29, 1.82) is 0 Å². The number of benzene rings is 1. The monoisotopic (exact) mass is 394 g/mol. The third-order valence-electron chi connectivity index (χ3n) is 4.94. The first kappa shape index (κ1) is 20.3. The highest BCUT2D eigenvalue weighted by molar-refractivity contribution is 5.99. The normalized spacial score (nSPS) is 10.8. The third-order valence-corrected chi connectivity index (χ3v) is 4.94. The second-order valence-corrected chi connectivity index (χ2v) is 7.34. The number of aromatic amines is 1. The standard InChI is InChI=1S/C21H26N6O2/c1-11-7-12(2)20(13(3)8-11)23-18(28)10-22-21(29)17-9-16(24-25-17)19-14(4)26-27(6)15(19)5/h7-9H,10H2,1-6H3,(H,22,29)(H,23,28)(H,24,25). The molecule has 0 aliphatic heterocycles. The zero-order valence-corrected chi connectivity index (χ0v) is 17.6. The molecule has 0 atom stereocenters. The maximum Gasteiger partial charge on any atom is 0.269 e. The number of H-pyrrole nitrogens is 1. The molecular weight excluding hydrogens is 368 g/mol. The van der Waals surface area contributed by atoms with E-state index in [1.54, 1.807) is 10.7 Å². The van der Waals surface area contributed by atoms with E-state index >= 15 is 0 Å². The molecule has 0 spiro atoms. The summed E-state index contributed by atoms with van der Waals surface area (Å²) in [5.41, 5.74) is 7.53. The smallest absolute Gasteiger partial charge is 0.269 e. The SMILES string of the molecule is Cc1cc(C)c(NC(=O)CNC(=O)c2cc(-c3c(C)nn(C)c3C)n[nH]2)c(C)c1. The molecule has 2 heterocycles. The zero-order chi connectivity index (χ0) is 21.3. The molecule has 3 N–H and O–H groups in total. The quantitative estimate of drug-likeness (QED) is 0.619. The number of nitrogens with one attached hydrogen (secondary N) is 3. The van der Waals surface area contributed by atoms with Gasteiger partial charge in [0.2, 0.25) is 5.91 Å². The number of rotatable bonds is 5. The molecule has 0 bridgehead atoms. The molecule has 0 saturated heterocycles. The van der Waals surface area contributed by atoms with Gasteiger partial charge in [0, 0.05) is 24.0 Å². The van der Waals surface area contributed by atoms with Gasteiger partial charge in [0.15, 0.2) is 0 Å². The fourth-order valence-corrected chi connectivity index (χ4v) is 3.53. The zero-order valence-electron chi connectivity index (χ0n) is 17.6. The molecule has 8 heteroatoms. The Bertz CT molecular complexity index is 1070. The molecule has 0 radical (unpaired) electrons. The molecular formula is C21H26N6O2. The maximum absolute atomic E-state index is 12.4. The van der Waals surface area contributed by atoms with Crippen LogP contribution in [0.5, 0.6) is 0 Å². The number of aryl methyl sites for hydroxylation is 5. The molecule has 152 valence electrons. The summed E-state index contributed by atoms with van der Waals surface area (Å²) in [7, 11) is 1.86. The van der Waals surface area contributed by atoms with Crippen molar-refractivity contribution < 1.29 is 9.59 Å². The van der Waals surface area contributed by atoms with Crippen LogP contribution in [0.2, 0.25) is 0 Å². The molecule has 3 aromatic rings. The number of carbonyl (C=O) groups excluding carboxylic acids is 2. The Hall–Kier alpha value is -3.42. The topological polar surface area (TPSA) is 105 Å². The summed E-state index contributed by atoms with van der Waals surface area (Å²) in [5, 5.41) is 16.8. The van der Waals surface area contributed by atoms with Crippen molar-refractivity contribution in [1.82, 2.24) is 25.3 Å². The fraction of sp³-hybridized carbons (Fsp3) is 0.333. The van der Waals surface area contributed by atoms with Gasteiger partial charge in [-0.3, -0.25) is 19.4 Å². The van der Waals surface area contributed by atoms with Gasteiger partial charge in [-0.15, -0.1) is 0 Å². The Labute approximate surface area is 169 Å². The summed E-state index contributed by atoms with van der Waals surface area (Å²) in [6.07, 6.45) is 0. The van der Waals surface area contributed by atoms with Crippen LogP contribution in [0.1, 0.15) is 38.6 Å². The minimum absolute atomic E-state index is 0.134. The van der Waals surface area contributed by atoms with Crippen molar-refractivity contribution >= 4 is 17.5 Å². The Kier molecular flexibility index (Phi) is 5.54. The van der Waals surface area contributed by atoms with Crippen LogP contribution in [0.25, 0.3) is 11.3 Å². The first-order chi connectivity index (χ1) is 13.7. The summed E-state index contributed by atoms with van der Waals surface area (Å²) in [6, 6.07) is 5.68. The maximum atomic E-state index is 12.4. The average Bonchev–Trinajstić information content (AvgIpc) is 3.21. The van der Waals surface area contributed by atoms with Gasteiger partial charge in [0.25, 0.3) is 5.91 Å². The van der Waals surface area contributed by atoms with E-state index in [0.717, 1.165) is 39.3 Å². The predicted octanol–water partition coefficient (Wildman–Crippen LogP) is 2.72. The van der Waals surface area contributed by atoms with E-state index in [0.29, 0.717) is 5.69 Å². The second kappa shape index (κ2) is 7.90. The highest BCUT2D eigenvalue weighted by Crippen LogP contribution is 2.25. The van der Waals surface area contributed by atoms with E-state index < -0.39 is 5.91 Å². The molecule has 3 rings (SSSR count). The molecule has 2 amide bonds. The van der Waals surface area contributed by atoms with E-state index in [1.165, 1.54) is 0 Å². The summed E-state index contributed by atoms with van der Waals surface area (Å²) in [4.78, 5) is 24.7. The molecule has 29 heavy (non-hydrogen) atoms. The van der Waals surface area contributed by atoms with Crippen molar-refractivity contribution in [2.24, 2.45) is 7.05 Å². The van der Waals surface area contributed by atoms with E-state index in [1.807, 2.05) is 53.8 Å². The van der Waals surface area contributed by atoms with Gasteiger partial charge in [-0.2, -0.15) is 10.2 Å². The van der Waals surface area contributed by atoms with Crippen molar-refractivity contribution in [2.45, 2.75) is 34.6 Å². The van der Waals surface area contributed by atoms with Gasteiger partial charge >= 0.3 is 0 Å². The molecule has 0 aliphatic rings. The van der Waals surface area contributed by atoms with Gasteiger partial charge in [0.05, 0.1) is 17.9 Å². The number of aromatic nitrogens is 4. The molecule has 0 saturated carbocycles. The molecule has 1 aromatic carbocycles. The van der Waals surface area contributed by atoms with Crippen LogP contribution in [-0.4, -0.2) is 38.3 Å². The van der Waals surface area contributed by atoms with Crippen molar-refractivity contribution in [3.05, 3.63) is 52.0 Å². The van der Waals surface area contributed by atoms with Gasteiger partial charge < -0.3 is 10.6 Å². The predicted molar refractivity (Wildman–Crippen MR) is 112 cm³/mol. The Morgan fingerprint density at radius 2 is 1.72 bits per heavy atom. The highest BCUT2D eigenvalue weighted by Gasteiger charge is 2.18. The van der Waals surface area contributed by atoms with Gasteiger partial charge in [-0.1, -0.05) is 17.7 Å². The van der Waals surface area contributed by atoms with Crippen molar-refractivity contribution in [3.8, 4) is 11.3 Å². The minimum atomic E-state index is -0.393. The molecule has 0 fully saturated rings. The van der Waals surface area contributed by atoms with E-state index in [9.17, 15) is 9.59 Å². The number of nitrogens with zero attached hydrogens (tertiary/aromatic N) is 3. The van der Waals surface area contributed by atoms with Gasteiger partial charge in [-0.05, 0) is 51.8 Å². The van der Waals surface area contributed by atoms with Crippen LogP contribution in [0.15, 0.2) is 18.2 Å². The van der Waals surface area contributed by atoms with Gasteiger partial charge in [0.1, 0.15) is 5.69 Å². The second-order valence-electron chi connectivity index (χ2n) is 7.34.